The topological polar surface area (TPSA) is 80.4 Å². The summed E-state index contributed by atoms with van der Waals surface area (Å²) in [5.41, 5.74) is 5.79. The number of thioether (sulfide) groups is 1. The molecule has 0 aliphatic heterocycles. The van der Waals surface area contributed by atoms with Crippen LogP contribution in [0.1, 0.15) is 29.0 Å². The van der Waals surface area contributed by atoms with Crippen LogP contribution in [0, 0.1) is 6.92 Å². The molecule has 1 aromatic heterocycles. The first kappa shape index (κ1) is 24.0. The Morgan fingerprint density at radius 2 is 1.74 bits per heavy atom. The molecular weight excluding hydrogens is 446 g/mol. The fraction of sp³-hybridized carbons (Fsp3) is 0.259. The number of hydrogen-bond donors (Lipinski definition) is 2. The highest BCUT2D eigenvalue weighted by atomic mass is 32.2. The van der Waals surface area contributed by atoms with E-state index in [1.165, 1.54) is 22.9 Å². The zero-order chi connectivity index (χ0) is 23.6. The van der Waals surface area contributed by atoms with Crippen molar-refractivity contribution in [3.05, 3.63) is 95.4 Å². The first-order valence-corrected chi connectivity index (χ1v) is 12.3. The molecule has 3 aromatic carbocycles. The second-order valence-electron chi connectivity index (χ2n) is 7.90. The van der Waals surface area contributed by atoms with Crippen LogP contribution in [0.3, 0.4) is 0 Å². The van der Waals surface area contributed by atoms with E-state index in [1.54, 1.807) is 0 Å². The van der Waals surface area contributed by atoms with Gasteiger partial charge in [-0.2, -0.15) is 0 Å². The predicted molar refractivity (Wildman–Crippen MR) is 135 cm³/mol. The molecule has 0 aliphatic carbocycles. The Morgan fingerprint density at radius 1 is 0.941 bits per heavy atom. The second kappa shape index (κ2) is 12.4. The quantitative estimate of drug-likeness (QED) is 0.210. The number of benzene rings is 3. The molecule has 2 N–H and O–H groups in total. The van der Waals surface area contributed by atoms with Crippen LogP contribution < -0.4 is 10.1 Å². The van der Waals surface area contributed by atoms with Crippen LogP contribution in [0.25, 0.3) is 11.1 Å². The standard InChI is InChI=1S/C27H29N3O3S/c1-20-24(23-7-3-2-4-8-23)9-5-10-25(20)32-18-26-29-30-27(33-26)34-19-22-13-11-21(12-14-22)17-28-15-6-16-31/h2-5,7-14,28,31H,6,15-19H2,1H3. The molecule has 0 unspecified atom stereocenters. The molecule has 7 heteroatoms. The van der Waals surface area contributed by atoms with E-state index < -0.39 is 0 Å². The van der Waals surface area contributed by atoms with Gasteiger partial charge in [0.05, 0.1) is 0 Å². The van der Waals surface area contributed by atoms with Gasteiger partial charge in [0.25, 0.3) is 11.1 Å². The minimum Gasteiger partial charge on any atom is -0.484 e. The van der Waals surface area contributed by atoms with Crippen molar-refractivity contribution in [3.63, 3.8) is 0 Å². The summed E-state index contributed by atoms with van der Waals surface area (Å²) in [5.74, 6) is 2.01. The van der Waals surface area contributed by atoms with E-state index in [0.29, 0.717) is 11.1 Å². The number of aromatic nitrogens is 2. The Bertz CT molecular complexity index is 1160. The van der Waals surface area contributed by atoms with Gasteiger partial charge in [0.15, 0.2) is 6.61 Å². The summed E-state index contributed by atoms with van der Waals surface area (Å²) in [6, 6.07) is 24.8. The Labute approximate surface area is 204 Å². The van der Waals surface area contributed by atoms with Crippen molar-refractivity contribution in [1.29, 1.82) is 0 Å². The summed E-state index contributed by atoms with van der Waals surface area (Å²) in [6.45, 7) is 4.12. The normalized spacial score (nSPS) is 11.0. The Morgan fingerprint density at radius 3 is 2.53 bits per heavy atom. The Balaban J connectivity index is 1.27. The van der Waals surface area contributed by atoms with Gasteiger partial charge in [0.1, 0.15) is 5.75 Å². The van der Waals surface area contributed by atoms with Crippen molar-refractivity contribution in [2.45, 2.75) is 37.5 Å². The van der Waals surface area contributed by atoms with Gasteiger partial charge in [-0.1, -0.05) is 78.5 Å². The third-order valence-electron chi connectivity index (χ3n) is 5.39. The lowest BCUT2D eigenvalue weighted by Crippen LogP contribution is -2.15. The third kappa shape index (κ3) is 6.70. The molecule has 1 heterocycles. The SMILES string of the molecule is Cc1c(OCc2nnc(SCc3ccc(CNCCCO)cc3)o2)cccc1-c1ccccc1. The number of nitrogens with one attached hydrogen (secondary N) is 1. The summed E-state index contributed by atoms with van der Waals surface area (Å²) in [6.07, 6.45) is 0.769. The van der Waals surface area contributed by atoms with Crippen molar-refractivity contribution in [2.24, 2.45) is 0 Å². The molecule has 0 amide bonds. The lowest BCUT2D eigenvalue weighted by Gasteiger charge is -2.11. The van der Waals surface area contributed by atoms with E-state index in [9.17, 15) is 0 Å². The predicted octanol–water partition coefficient (Wildman–Crippen LogP) is 5.39. The number of ether oxygens (including phenoxy) is 1. The minimum atomic E-state index is 0.216. The van der Waals surface area contributed by atoms with E-state index in [-0.39, 0.29) is 13.2 Å². The smallest absolute Gasteiger partial charge is 0.277 e. The van der Waals surface area contributed by atoms with E-state index in [2.05, 4.69) is 64.9 Å². The van der Waals surface area contributed by atoms with Gasteiger partial charge in [-0.05, 0) is 53.8 Å². The minimum absolute atomic E-state index is 0.216. The van der Waals surface area contributed by atoms with E-state index in [1.807, 2.05) is 30.3 Å². The van der Waals surface area contributed by atoms with Crippen LogP contribution in [0.4, 0.5) is 0 Å². The maximum atomic E-state index is 8.83. The highest BCUT2D eigenvalue weighted by Crippen LogP contribution is 2.30. The molecule has 0 saturated heterocycles. The molecule has 4 rings (SSSR count). The Hall–Kier alpha value is -3.13. The van der Waals surface area contributed by atoms with Gasteiger partial charge < -0.3 is 19.6 Å². The fourth-order valence-electron chi connectivity index (χ4n) is 3.53. The van der Waals surface area contributed by atoms with Crippen LogP contribution >= 0.6 is 11.8 Å². The first-order valence-electron chi connectivity index (χ1n) is 11.4. The lowest BCUT2D eigenvalue weighted by atomic mass is 10.00. The van der Waals surface area contributed by atoms with E-state index in [0.717, 1.165) is 47.7 Å². The molecule has 0 saturated carbocycles. The number of hydrogen-bond acceptors (Lipinski definition) is 7. The third-order valence-corrected chi connectivity index (χ3v) is 6.28. The van der Waals surface area contributed by atoms with Crippen molar-refractivity contribution in [2.75, 3.05) is 13.2 Å². The maximum Gasteiger partial charge on any atom is 0.277 e. The summed E-state index contributed by atoms with van der Waals surface area (Å²) in [5, 5.41) is 20.9. The van der Waals surface area contributed by atoms with Crippen molar-refractivity contribution >= 4 is 11.8 Å². The fourth-order valence-corrected chi connectivity index (χ4v) is 4.27. The number of rotatable bonds is 12. The van der Waals surface area contributed by atoms with Crippen LogP contribution in [-0.4, -0.2) is 28.5 Å². The number of aliphatic hydroxyl groups excluding tert-OH is 1. The van der Waals surface area contributed by atoms with Gasteiger partial charge in [0.2, 0.25) is 0 Å². The van der Waals surface area contributed by atoms with Crippen LogP contribution in [0.5, 0.6) is 5.75 Å². The molecule has 176 valence electrons. The van der Waals surface area contributed by atoms with E-state index in [4.69, 9.17) is 14.3 Å². The van der Waals surface area contributed by atoms with E-state index >= 15 is 0 Å². The summed E-state index contributed by atoms with van der Waals surface area (Å²) in [4.78, 5) is 0. The zero-order valence-electron chi connectivity index (χ0n) is 19.2. The van der Waals surface area contributed by atoms with Crippen molar-refractivity contribution < 1.29 is 14.3 Å². The molecule has 0 aliphatic rings. The highest BCUT2D eigenvalue weighted by molar-refractivity contribution is 7.98. The zero-order valence-corrected chi connectivity index (χ0v) is 20.1. The summed E-state index contributed by atoms with van der Waals surface area (Å²) >= 11 is 1.51. The maximum absolute atomic E-state index is 8.83. The average Bonchev–Trinajstić information content (AvgIpc) is 3.34. The molecule has 0 bridgehead atoms. The molecule has 0 fully saturated rings. The van der Waals surface area contributed by atoms with Crippen molar-refractivity contribution in [1.82, 2.24) is 15.5 Å². The number of aliphatic hydroxyl groups is 1. The van der Waals surface area contributed by atoms with Crippen LogP contribution in [0.15, 0.2) is 82.4 Å². The first-order chi connectivity index (χ1) is 16.7. The molecule has 34 heavy (non-hydrogen) atoms. The average molecular weight is 476 g/mol. The Kier molecular flexibility index (Phi) is 8.73. The molecular formula is C27H29N3O3S. The number of nitrogens with zero attached hydrogens (tertiary/aromatic N) is 2. The summed E-state index contributed by atoms with van der Waals surface area (Å²) in [7, 11) is 0. The second-order valence-corrected chi connectivity index (χ2v) is 8.83. The highest BCUT2D eigenvalue weighted by Gasteiger charge is 2.11. The van der Waals surface area contributed by atoms with Crippen LogP contribution in [-0.2, 0) is 18.9 Å². The van der Waals surface area contributed by atoms with Gasteiger partial charge in [0, 0.05) is 18.9 Å². The van der Waals surface area contributed by atoms with Crippen LogP contribution in [0.2, 0.25) is 0 Å². The molecule has 0 spiro atoms. The van der Waals surface area contributed by atoms with Gasteiger partial charge in [-0.15, -0.1) is 10.2 Å². The summed E-state index contributed by atoms with van der Waals surface area (Å²) < 4.78 is 11.8. The monoisotopic (exact) mass is 475 g/mol. The molecule has 6 nitrogen and oxygen atoms in total. The van der Waals surface area contributed by atoms with Gasteiger partial charge >= 0.3 is 0 Å². The molecule has 0 atom stereocenters. The van der Waals surface area contributed by atoms with Crippen molar-refractivity contribution in [3.8, 4) is 16.9 Å². The van der Waals surface area contributed by atoms with Gasteiger partial charge in [-0.25, -0.2) is 0 Å². The largest absolute Gasteiger partial charge is 0.484 e. The molecule has 4 aromatic rings. The lowest BCUT2D eigenvalue weighted by molar-refractivity contribution is 0.251. The molecule has 0 radical (unpaired) electrons. The van der Waals surface area contributed by atoms with Gasteiger partial charge in [-0.3, -0.25) is 0 Å².